The van der Waals surface area contributed by atoms with E-state index in [4.69, 9.17) is 10.8 Å². The Hall–Kier alpha value is -2.08. The highest BCUT2D eigenvalue weighted by Gasteiger charge is 2.25. The third-order valence-electron chi connectivity index (χ3n) is 2.58. The zero-order valence-electron chi connectivity index (χ0n) is 10.2. The molecule has 6 nitrogen and oxygen atoms in total. The standard InChI is InChI=1S/C12H16N2O4/c1-6-3-4-8(5-9(6)13)11(16)14-10(7(2)15)12(17)18/h3-5,7,10,15H,13H2,1-2H3,(H,14,16)(H,17,18)/t7-,10+/m1/s1. The largest absolute Gasteiger partial charge is 0.480 e. The molecule has 6 heteroatoms. The molecule has 0 fully saturated rings. The molecule has 1 amide bonds. The molecule has 0 aliphatic carbocycles. The Morgan fingerprint density at radius 3 is 2.44 bits per heavy atom. The van der Waals surface area contributed by atoms with Gasteiger partial charge in [-0.15, -0.1) is 0 Å². The topological polar surface area (TPSA) is 113 Å². The van der Waals surface area contributed by atoms with Crippen LogP contribution < -0.4 is 11.1 Å². The Morgan fingerprint density at radius 1 is 1.39 bits per heavy atom. The molecule has 98 valence electrons. The fraction of sp³-hybridized carbons (Fsp3) is 0.333. The Balaban J connectivity index is 2.87. The number of nitrogen functional groups attached to an aromatic ring is 1. The molecule has 0 bridgehead atoms. The molecule has 1 rings (SSSR count). The lowest BCUT2D eigenvalue weighted by molar-refractivity contribution is -0.141. The van der Waals surface area contributed by atoms with E-state index < -0.39 is 24.0 Å². The van der Waals surface area contributed by atoms with E-state index in [0.29, 0.717) is 5.69 Å². The molecule has 2 atom stereocenters. The van der Waals surface area contributed by atoms with Gasteiger partial charge in [0.05, 0.1) is 6.10 Å². The number of hydrogen-bond acceptors (Lipinski definition) is 4. The summed E-state index contributed by atoms with van der Waals surface area (Å²) < 4.78 is 0. The van der Waals surface area contributed by atoms with Crippen LogP contribution >= 0.6 is 0 Å². The number of carboxylic acids is 1. The van der Waals surface area contributed by atoms with Gasteiger partial charge in [0.2, 0.25) is 0 Å². The minimum absolute atomic E-state index is 0.255. The number of amides is 1. The zero-order chi connectivity index (χ0) is 13.9. The molecule has 0 saturated heterocycles. The number of carboxylic acid groups (broad SMARTS) is 1. The second-order valence-corrected chi connectivity index (χ2v) is 4.10. The highest BCUT2D eigenvalue weighted by atomic mass is 16.4. The zero-order valence-corrected chi connectivity index (χ0v) is 10.2. The van der Waals surface area contributed by atoms with Gasteiger partial charge < -0.3 is 21.3 Å². The first-order valence-electron chi connectivity index (χ1n) is 5.40. The number of aliphatic hydroxyl groups excluding tert-OH is 1. The van der Waals surface area contributed by atoms with Crippen molar-refractivity contribution in [3.8, 4) is 0 Å². The fourth-order valence-corrected chi connectivity index (χ4v) is 1.39. The van der Waals surface area contributed by atoms with E-state index in [1.807, 2.05) is 0 Å². The van der Waals surface area contributed by atoms with Crippen molar-refractivity contribution in [2.45, 2.75) is 26.0 Å². The molecule has 0 aromatic heterocycles. The summed E-state index contributed by atoms with van der Waals surface area (Å²) in [5.41, 5.74) is 7.20. The van der Waals surface area contributed by atoms with Gasteiger partial charge in [0, 0.05) is 11.3 Å². The lowest BCUT2D eigenvalue weighted by atomic mass is 10.1. The second-order valence-electron chi connectivity index (χ2n) is 4.10. The monoisotopic (exact) mass is 252 g/mol. The van der Waals surface area contributed by atoms with Gasteiger partial charge in [-0.3, -0.25) is 4.79 Å². The Bertz CT molecular complexity index is 471. The first kappa shape index (κ1) is 14.0. The lowest BCUT2D eigenvalue weighted by Gasteiger charge is -2.17. The highest BCUT2D eigenvalue weighted by Crippen LogP contribution is 2.13. The summed E-state index contributed by atoms with van der Waals surface area (Å²) in [4.78, 5) is 22.6. The third-order valence-corrected chi connectivity index (χ3v) is 2.58. The number of carbonyl (C=O) groups is 2. The Morgan fingerprint density at radius 2 is 2.00 bits per heavy atom. The number of carbonyl (C=O) groups excluding carboxylic acids is 1. The second kappa shape index (κ2) is 5.50. The molecule has 1 aromatic rings. The van der Waals surface area contributed by atoms with Crippen LogP contribution in [0.15, 0.2) is 18.2 Å². The molecule has 0 heterocycles. The van der Waals surface area contributed by atoms with Crippen LogP contribution in [0, 0.1) is 6.92 Å². The van der Waals surface area contributed by atoms with E-state index in [1.54, 1.807) is 19.1 Å². The number of anilines is 1. The number of hydrogen-bond donors (Lipinski definition) is 4. The molecule has 5 N–H and O–H groups in total. The normalized spacial score (nSPS) is 13.7. The van der Waals surface area contributed by atoms with Crippen LogP contribution in [0.1, 0.15) is 22.8 Å². The van der Waals surface area contributed by atoms with Crippen LogP contribution in [-0.4, -0.2) is 34.2 Å². The number of aliphatic hydroxyl groups is 1. The first-order valence-corrected chi connectivity index (χ1v) is 5.40. The van der Waals surface area contributed by atoms with E-state index in [-0.39, 0.29) is 5.56 Å². The average Bonchev–Trinajstić information content (AvgIpc) is 2.28. The van der Waals surface area contributed by atoms with Gasteiger partial charge in [-0.2, -0.15) is 0 Å². The fourth-order valence-electron chi connectivity index (χ4n) is 1.39. The quantitative estimate of drug-likeness (QED) is 0.569. The van der Waals surface area contributed by atoms with Crippen LogP contribution in [0.25, 0.3) is 0 Å². The van der Waals surface area contributed by atoms with Crippen molar-refractivity contribution < 1.29 is 19.8 Å². The molecule has 0 aliphatic rings. The summed E-state index contributed by atoms with van der Waals surface area (Å²) in [5, 5.41) is 20.3. The number of benzene rings is 1. The van der Waals surface area contributed by atoms with Crippen molar-refractivity contribution in [3.63, 3.8) is 0 Å². The van der Waals surface area contributed by atoms with Crippen LogP contribution in [0.2, 0.25) is 0 Å². The summed E-state index contributed by atoms with van der Waals surface area (Å²) in [6.07, 6.45) is -1.19. The maximum Gasteiger partial charge on any atom is 0.328 e. The predicted octanol–water partition coefficient (Wildman–Crippen LogP) is 0.141. The molecule has 0 aliphatic heterocycles. The van der Waals surface area contributed by atoms with Crippen molar-refractivity contribution in [1.29, 1.82) is 0 Å². The number of nitrogens with one attached hydrogen (secondary N) is 1. The molecule has 0 saturated carbocycles. The molecule has 0 unspecified atom stereocenters. The van der Waals surface area contributed by atoms with Crippen molar-refractivity contribution in [1.82, 2.24) is 5.32 Å². The predicted molar refractivity (Wildman–Crippen MR) is 66.2 cm³/mol. The van der Waals surface area contributed by atoms with Crippen LogP contribution in [-0.2, 0) is 4.79 Å². The van der Waals surface area contributed by atoms with Crippen molar-refractivity contribution >= 4 is 17.6 Å². The molecular weight excluding hydrogens is 236 g/mol. The summed E-state index contributed by atoms with van der Waals surface area (Å²) in [7, 11) is 0. The lowest BCUT2D eigenvalue weighted by Crippen LogP contribution is -2.47. The summed E-state index contributed by atoms with van der Waals surface area (Å²) in [6.45, 7) is 3.09. The van der Waals surface area contributed by atoms with E-state index in [0.717, 1.165) is 5.56 Å². The van der Waals surface area contributed by atoms with E-state index in [9.17, 15) is 14.7 Å². The summed E-state index contributed by atoms with van der Waals surface area (Å²) in [6, 6.07) is 3.33. The minimum atomic E-state index is -1.35. The average molecular weight is 252 g/mol. The minimum Gasteiger partial charge on any atom is -0.480 e. The van der Waals surface area contributed by atoms with Gasteiger partial charge >= 0.3 is 5.97 Å². The van der Waals surface area contributed by atoms with Crippen molar-refractivity contribution in [2.24, 2.45) is 0 Å². The van der Waals surface area contributed by atoms with Crippen LogP contribution in [0.5, 0.6) is 0 Å². The molecule has 0 radical (unpaired) electrons. The summed E-state index contributed by atoms with van der Waals surface area (Å²) >= 11 is 0. The molecular formula is C12H16N2O4. The van der Waals surface area contributed by atoms with Crippen LogP contribution in [0.3, 0.4) is 0 Å². The Kier molecular flexibility index (Phi) is 4.28. The first-order chi connectivity index (χ1) is 8.32. The number of aliphatic carboxylic acids is 1. The maximum absolute atomic E-state index is 11.8. The molecule has 1 aromatic carbocycles. The smallest absolute Gasteiger partial charge is 0.328 e. The van der Waals surface area contributed by atoms with Gasteiger partial charge in [-0.1, -0.05) is 6.07 Å². The third kappa shape index (κ3) is 3.21. The van der Waals surface area contributed by atoms with Gasteiger partial charge in [0.1, 0.15) is 0 Å². The SMILES string of the molecule is Cc1ccc(C(=O)N[C@H](C(=O)O)[C@@H](C)O)cc1N. The summed E-state index contributed by atoms with van der Waals surface area (Å²) in [5.74, 6) is -1.88. The van der Waals surface area contributed by atoms with Gasteiger partial charge in [-0.25, -0.2) is 4.79 Å². The molecule has 18 heavy (non-hydrogen) atoms. The van der Waals surface area contributed by atoms with Crippen molar-refractivity contribution in [3.05, 3.63) is 29.3 Å². The van der Waals surface area contributed by atoms with Gasteiger partial charge in [-0.05, 0) is 31.5 Å². The van der Waals surface area contributed by atoms with Crippen LogP contribution in [0.4, 0.5) is 5.69 Å². The highest BCUT2D eigenvalue weighted by molar-refractivity contribution is 5.97. The van der Waals surface area contributed by atoms with Gasteiger partial charge in [0.25, 0.3) is 5.91 Å². The van der Waals surface area contributed by atoms with Gasteiger partial charge in [0.15, 0.2) is 6.04 Å². The van der Waals surface area contributed by atoms with E-state index in [2.05, 4.69) is 5.32 Å². The number of rotatable bonds is 4. The Labute approximate surface area is 104 Å². The number of nitrogens with two attached hydrogens (primary N) is 1. The maximum atomic E-state index is 11.8. The van der Waals surface area contributed by atoms with Crippen molar-refractivity contribution in [2.75, 3.05) is 5.73 Å². The number of aryl methyl sites for hydroxylation is 1. The molecule has 0 spiro atoms. The van der Waals surface area contributed by atoms with E-state index >= 15 is 0 Å². The van der Waals surface area contributed by atoms with E-state index in [1.165, 1.54) is 13.0 Å².